The number of hydrogen-bond acceptors (Lipinski definition) is 5. The summed E-state index contributed by atoms with van der Waals surface area (Å²) in [5.74, 6) is -0.693. The molecule has 0 bridgehead atoms. The van der Waals surface area contributed by atoms with Gasteiger partial charge >= 0.3 is 6.61 Å². The average Bonchev–Trinajstić information content (AvgIpc) is 2.59. The Morgan fingerprint density at radius 3 is 2.56 bits per heavy atom. The summed E-state index contributed by atoms with van der Waals surface area (Å²) in [5, 5.41) is 10.9. The fourth-order valence-electron chi connectivity index (χ4n) is 2.07. The van der Waals surface area contributed by atoms with Gasteiger partial charge in [0, 0.05) is 11.6 Å². The fraction of sp³-hybridized carbons (Fsp3) is 0.118. The fourth-order valence-corrected chi connectivity index (χ4v) is 2.07. The van der Waals surface area contributed by atoms with Crippen molar-refractivity contribution in [3.63, 3.8) is 0 Å². The number of rotatable bonds is 7. The first-order valence-electron chi connectivity index (χ1n) is 7.01. The van der Waals surface area contributed by atoms with Gasteiger partial charge in [-0.3, -0.25) is 14.9 Å². The number of nitrogens with zero attached hydrogens (tertiary/aromatic N) is 1. The number of benzene rings is 2. The molecule has 130 valence electrons. The Balaban J connectivity index is 2.25. The Bertz CT molecular complexity index is 820. The zero-order valence-electron chi connectivity index (χ0n) is 13.0. The standard InChI is InChI=1S/C17H13F2NO5/c1-24-16-10-12(7-9-15(16)25-17(18)19)14(21)8-6-11-4-2-3-5-13(11)20(22)23/h2-10,17H,1H3/b8-6+. The number of hydrogen-bond donors (Lipinski definition) is 0. The number of nitro groups is 1. The highest BCUT2D eigenvalue weighted by Crippen LogP contribution is 2.30. The number of halogens is 2. The Morgan fingerprint density at radius 2 is 1.92 bits per heavy atom. The normalized spacial score (nSPS) is 10.9. The molecule has 0 saturated heterocycles. The molecule has 0 unspecified atom stereocenters. The Morgan fingerprint density at radius 1 is 1.20 bits per heavy atom. The predicted molar refractivity (Wildman–Crippen MR) is 86.1 cm³/mol. The van der Waals surface area contributed by atoms with Crippen molar-refractivity contribution >= 4 is 17.5 Å². The third kappa shape index (κ3) is 4.60. The summed E-state index contributed by atoms with van der Waals surface area (Å²) in [7, 11) is 1.26. The van der Waals surface area contributed by atoms with Gasteiger partial charge < -0.3 is 9.47 Å². The molecule has 2 aromatic rings. The van der Waals surface area contributed by atoms with Crippen LogP contribution in [0.25, 0.3) is 6.08 Å². The number of ketones is 1. The zero-order chi connectivity index (χ0) is 18.4. The van der Waals surface area contributed by atoms with Crippen LogP contribution in [-0.2, 0) is 0 Å². The minimum Gasteiger partial charge on any atom is -0.493 e. The van der Waals surface area contributed by atoms with Crippen molar-refractivity contribution in [3.8, 4) is 11.5 Å². The summed E-state index contributed by atoms with van der Waals surface area (Å²) in [6.07, 6.45) is 2.47. The second-order valence-corrected chi connectivity index (χ2v) is 4.76. The molecule has 0 aliphatic heterocycles. The largest absolute Gasteiger partial charge is 0.493 e. The molecule has 0 aromatic heterocycles. The van der Waals surface area contributed by atoms with E-state index in [9.17, 15) is 23.7 Å². The number of nitro benzene ring substituents is 1. The summed E-state index contributed by atoms with van der Waals surface area (Å²) >= 11 is 0. The van der Waals surface area contributed by atoms with E-state index in [0.717, 1.165) is 6.08 Å². The second-order valence-electron chi connectivity index (χ2n) is 4.76. The summed E-state index contributed by atoms with van der Waals surface area (Å²) in [6, 6.07) is 9.69. The van der Waals surface area contributed by atoms with E-state index < -0.39 is 17.3 Å². The maximum Gasteiger partial charge on any atom is 0.387 e. The lowest BCUT2D eigenvalue weighted by Gasteiger charge is -2.10. The van der Waals surface area contributed by atoms with Crippen molar-refractivity contribution in [1.82, 2.24) is 0 Å². The van der Waals surface area contributed by atoms with Gasteiger partial charge in [0.05, 0.1) is 17.6 Å². The van der Waals surface area contributed by atoms with E-state index in [1.54, 1.807) is 6.07 Å². The van der Waals surface area contributed by atoms with Crippen LogP contribution < -0.4 is 9.47 Å². The molecule has 0 amide bonds. The number of alkyl halides is 2. The van der Waals surface area contributed by atoms with Crippen LogP contribution >= 0.6 is 0 Å². The molecule has 0 atom stereocenters. The lowest BCUT2D eigenvalue weighted by Crippen LogP contribution is -2.04. The van der Waals surface area contributed by atoms with Gasteiger partial charge in [-0.15, -0.1) is 0 Å². The number of para-hydroxylation sites is 1. The molecule has 8 heteroatoms. The van der Waals surface area contributed by atoms with Crippen molar-refractivity contribution < 1.29 is 28.0 Å². The number of methoxy groups -OCH3 is 1. The predicted octanol–water partition coefficient (Wildman–Crippen LogP) is 4.10. The van der Waals surface area contributed by atoms with Gasteiger partial charge in [0.15, 0.2) is 17.3 Å². The molecular formula is C17H13F2NO5. The first-order valence-corrected chi connectivity index (χ1v) is 7.01. The van der Waals surface area contributed by atoms with Gasteiger partial charge in [0.1, 0.15) is 0 Å². The van der Waals surface area contributed by atoms with Gasteiger partial charge in [-0.05, 0) is 36.4 Å². The van der Waals surface area contributed by atoms with Crippen molar-refractivity contribution in [1.29, 1.82) is 0 Å². The number of carbonyl (C=O) groups is 1. The number of ether oxygens (including phenoxy) is 2. The number of allylic oxidation sites excluding steroid dienone is 1. The third-order valence-corrected chi connectivity index (χ3v) is 3.21. The maximum absolute atomic E-state index is 12.3. The third-order valence-electron chi connectivity index (χ3n) is 3.21. The smallest absolute Gasteiger partial charge is 0.387 e. The van der Waals surface area contributed by atoms with E-state index in [2.05, 4.69) is 4.74 Å². The average molecular weight is 349 g/mol. The highest BCUT2D eigenvalue weighted by atomic mass is 19.3. The topological polar surface area (TPSA) is 78.7 Å². The zero-order valence-corrected chi connectivity index (χ0v) is 13.0. The van der Waals surface area contributed by atoms with Crippen molar-refractivity contribution in [2.24, 2.45) is 0 Å². The van der Waals surface area contributed by atoms with Crippen LogP contribution in [0.5, 0.6) is 11.5 Å². The van der Waals surface area contributed by atoms with E-state index in [4.69, 9.17) is 4.74 Å². The van der Waals surface area contributed by atoms with E-state index in [1.165, 1.54) is 49.6 Å². The molecule has 0 spiro atoms. The Hall–Kier alpha value is -3.29. The van der Waals surface area contributed by atoms with Gasteiger partial charge in [-0.25, -0.2) is 0 Å². The molecule has 25 heavy (non-hydrogen) atoms. The summed E-state index contributed by atoms with van der Waals surface area (Å²) in [6.45, 7) is -3.02. The second kappa shape index (κ2) is 8.00. The van der Waals surface area contributed by atoms with Gasteiger partial charge in [0.2, 0.25) is 0 Å². The molecule has 0 heterocycles. The monoisotopic (exact) mass is 349 g/mol. The molecule has 0 aliphatic carbocycles. The van der Waals surface area contributed by atoms with Crippen molar-refractivity contribution in [3.05, 3.63) is 69.8 Å². The van der Waals surface area contributed by atoms with Crippen LogP contribution in [0.1, 0.15) is 15.9 Å². The maximum atomic E-state index is 12.3. The Kier molecular flexibility index (Phi) is 5.78. The van der Waals surface area contributed by atoms with Crippen LogP contribution in [0.15, 0.2) is 48.5 Å². The lowest BCUT2D eigenvalue weighted by atomic mass is 10.1. The summed E-state index contributed by atoms with van der Waals surface area (Å²) < 4.78 is 33.8. The molecule has 0 saturated carbocycles. The van der Waals surface area contributed by atoms with E-state index >= 15 is 0 Å². The van der Waals surface area contributed by atoms with E-state index in [0.29, 0.717) is 0 Å². The SMILES string of the molecule is COc1cc(C(=O)/C=C/c2ccccc2[N+](=O)[O-])ccc1OC(F)F. The molecule has 0 radical (unpaired) electrons. The quantitative estimate of drug-likeness (QED) is 0.325. The van der Waals surface area contributed by atoms with E-state index in [-0.39, 0.29) is 28.3 Å². The van der Waals surface area contributed by atoms with E-state index in [1.807, 2.05) is 0 Å². The molecule has 2 aromatic carbocycles. The molecule has 0 fully saturated rings. The number of carbonyl (C=O) groups excluding carboxylic acids is 1. The van der Waals surface area contributed by atoms with Gasteiger partial charge in [0.25, 0.3) is 5.69 Å². The first kappa shape index (κ1) is 18.1. The van der Waals surface area contributed by atoms with Crippen molar-refractivity contribution in [2.45, 2.75) is 6.61 Å². The molecule has 0 N–H and O–H groups in total. The summed E-state index contributed by atoms with van der Waals surface area (Å²) in [4.78, 5) is 22.6. The van der Waals surface area contributed by atoms with Crippen LogP contribution in [0.3, 0.4) is 0 Å². The minimum atomic E-state index is -3.02. The van der Waals surface area contributed by atoms with Crippen LogP contribution in [0.2, 0.25) is 0 Å². The minimum absolute atomic E-state index is 0.0229. The van der Waals surface area contributed by atoms with Crippen LogP contribution in [-0.4, -0.2) is 24.4 Å². The first-order chi connectivity index (χ1) is 11.9. The molecule has 0 aliphatic rings. The van der Waals surface area contributed by atoms with Gasteiger partial charge in [-0.1, -0.05) is 12.1 Å². The Labute approximate surface area is 141 Å². The van der Waals surface area contributed by atoms with Crippen molar-refractivity contribution in [2.75, 3.05) is 7.11 Å². The lowest BCUT2D eigenvalue weighted by molar-refractivity contribution is -0.385. The molecule has 6 nitrogen and oxygen atoms in total. The van der Waals surface area contributed by atoms with Crippen LogP contribution in [0.4, 0.5) is 14.5 Å². The highest BCUT2D eigenvalue weighted by Gasteiger charge is 2.14. The summed E-state index contributed by atoms with van der Waals surface area (Å²) in [5.41, 5.74) is 0.295. The molecule has 2 rings (SSSR count). The molecular weight excluding hydrogens is 336 g/mol. The highest BCUT2D eigenvalue weighted by molar-refractivity contribution is 6.07. The van der Waals surface area contributed by atoms with Gasteiger partial charge in [-0.2, -0.15) is 8.78 Å². The van der Waals surface area contributed by atoms with Crippen LogP contribution in [0, 0.1) is 10.1 Å².